The Hall–Kier alpha value is -3.28. The minimum Gasteiger partial charge on any atom is -0.404 e. The van der Waals surface area contributed by atoms with Gasteiger partial charge >= 0.3 is 0 Å². The third-order valence-corrected chi connectivity index (χ3v) is 6.43. The zero-order valence-corrected chi connectivity index (χ0v) is 18.4. The largest absolute Gasteiger partial charge is 0.404 e. The highest BCUT2D eigenvalue weighted by Gasteiger charge is 2.20. The fourth-order valence-electron chi connectivity index (χ4n) is 4.49. The van der Waals surface area contributed by atoms with Gasteiger partial charge in [0.2, 0.25) is 0 Å². The number of hydrogen-bond donors (Lipinski definition) is 1. The minimum absolute atomic E-state index is 0.0753. The molecule has 0 bridgehead atoms. The van der Waals surface area contributed by atoms with Crippen molar-refractivity contribution in [2.75, 3.05) is 7.05 Å². The summed E-state index contributed by atoms with van der Waals surface area (Å²) in [5.74, 6) is 0. The molecular weight excluding hydrogens is 386 g/mol. The number of aromatic nitrogens is 3. The number of pyridine rings is 1. The van der Waals surface area contributed by atoms with Crippen molar-refractivity contribution in [3.8, 4) is 0 Å². The zero-order chi connectivity index (χ0) is 22.0. The average Bonchev–Trinajstić information content (AvgIpc) is 3.31. The Bertz CT molecular complexity index is 1220. The molecule has 0 aliphatic heterocycles. The molecule has 0 radical (unpaired) electrons. The molecule has 2 N–H and O–H groups in total. The molecule has 2 heterocycles. The van der Waals surface area contributed by atoms with Crippen LogP contribution in [0.4, 0.5) is 0 Å². The number of benzene rings is 1. The van der Waals surface area contributed by atoms with Crippen LogP contribution in [0.25, 0.3) is 16.5 Å². The minimum atomic E-state index is 0.0753. The lowest BCUT2D eigenvalue weighted by Gasteiger charge is -2.16. The maximum atomic E-state index is 13.3. The predicted molar refractivity (Wildman–Crippen MR) is 127 cm³/mol. The summed E-state index contributed by atoms with van der Waals surface area (Å²) in [4.78, 5) is 26.5. The lowest BCUT2D eigenvalue weighted by atomic mass is 9.95. The molecule has 0 spiro atoms. The molecule has 0 atom stereocenters. The van der Waals surface area contributed by atoms with Gasteiger partial charge in [0.25, 0.3) is 5.56 Å². The van der Waals surface area contributed by atoms with Crippen LogP contribution < -0.4 is 11.3 Å². The van der Waals surface area contributed by atoms with E-state index in [1.54, 1.807) is 19.6 Å². The molecule has 6 heteroatoms. The zero-order valence-electron chi connectivity index (χ0n) is 18.4. The Kier molecular flexibility index (Phi) is 5.98. The van der Waals surface area contributed by atoms with E-state index in [1.165, 1.54) is 24.6 Å². The molecule has 0 unspecified atom stereocenters. The second-order valence-electron chi connectivity index (χ2n) is 8.31. The molecule has 1 aromatic carbocycles. The van der Waals surface area contributed by atoms with Gasteiger partial charge < -0.3 is 5.73 Å². The molecule has 2 aromatic heterocycles. The molecule has 0 amide bonds. The summed E-state index contributed by atoms with van der Waals surface area (Å²) < 4.78 is 1.85. The van der Waals surface area contributed by atoms with E-state index in [2.05, 4.69) is 28.8 Å². The van der Waals surface area contributed by atoms with E-state index in [1.807, 2.05) is 29.0 Å². The van der Waals surface area contributed by atoms with Crippen LogP contribution in [0.5, 0.6) is 0 Å². The smallest absolute Gasteiger partial charge is 0.261 e. The Morgan fingerprint density at radius 3 is 2.65 bits per heavy atom. The number of hydrogen-bond acceptors (Lipinski definition) is 5. The molecule has 160 valence electrons. The molecule has 3 aromatic rings. The number of fused-ring (bicyclic) bond motifs is 1. The molecule has 1 saturated carbocycles. The summed E-state index contributed by atoms with van der Waals surface area (Å²) in [6.45, 7) is 4.15. The van der Waals surface area contributed by atoms with Gasteiger partial charge in [-0.25, -0.2) is 4.98 Å². The molecule has 1 aliphatic carbocycles. The summed E-state index contributed by atoms with van der Waals surface area (Å²) in [5, 5.41) is 0.713. The summed E-state index contributed by atoms with van der Waals surface area (Å²) >= 11 is 0. The number of aryl methyl sites for hydroxylation is 1. The van der Waals surface area contributed by atoms with Crippen LogP contribution in [0.3, 0.4) is 0 Å². The maximum Gasteiger partial charge on any atom is 0.261 e. The second-order valence-corrected chi connectivity index (χ2v) is 8.31. The third kappa shape index (κ3) is 4.02. The Labute approximate surface area is 182 Å². The third-order valence-electron chi connectivity index (χ3n) is 6.43. The van der Waals surface area contributed by atoms with Crippen LogP contribution in [0, 0.1) is 13.8 Å². The van der Waals surface area contributed by atoms with Gasteiger partial charge in [-0.1, -0.05) is 18.9 Å². The lowest BCUT2D eigenvalue weighted by Crippen LogP contribution is -2.24. The monoisotopic (exact) mass is 415 g/mol. The van der Waals surface area contributed by atoms with Crippen LogP contribution in [0.2, 0.25) is 0 Å². The van der Waals surface area contributed by atoms with E-state index in [4.69, 9.17) is 5.73 Å². The topological polar surface area (TPSA) is 86.2 Å². The number of aliphatic imine (C=N–C) groups is 1. The van der Waals surface area contributed by atoms with Gasteiger partial charge in [-0.2, -0.15) is 0 Å². The van der Waals surface area contributed by atoms with Crippen molar-refractivity contribution in [2.45, 2.75) is 52.0 Å². The van der Waals surface area contributed by atoms with Crippen molar-refractivity contribution in [2.24, 2.45) is 10.7 Å². The highest BCUT2D eigenvalue weighted by atomic mass is 16.1. The van der Waals surface area contributed by atoms with Gasteiger partial charge in [0.15, 0.2) is 0 Å². The number of nitrogens with two attached hydrogens (primary N) is 1. The highest BCUT2D eigenvalue weighted by molar-refractivity contribution is 6.08. The van der Waals surface area contributed by atoms with Crippen molar-refractivity contribution in [1.29, 1.82) is 0 Å². The molecule has 6 nitrogen and oxygen atoms in total. The first-order valence-electron chi connectivity index (χ1n) is 10.8. The first kappa shape index (κ1) is 21.0. The molecule has 31 heavy (non-hydrogen) atoms. The van der Waals surface area contributed by atoms with Gasteiger partial charge in [-0.05, 0) is 67.5 Å². The van der Waals surface area contributed by atoms with Crippen LogP contribution in [0.1, 0.15) is 59.7 Å². The van der Waals surface area contributed by atoms with Crippen LogP contribution in [-0.2, 0) is 6.42 Å². The summed E-state index contributed by atoms with van der Waals surface area (Å²) in [5.41, 5.74) is 12.6. The van der Waals surface area contributed by atoms with Gasteiger partial charge in [-0.3, -0.25) is 19.3 Å². The van der Waals surface area contributed by atoms with E-state index in [-0.39, 0.29) is 11.6 Å². The summed E-state index contributed by atoms with van der Waals surface area (Å²) in [6.07, 6.45) is 12.0. The number of rotatable bonds is 5. The molecule has 0 saturated heterocycles. The predicted octanol–water partition coefficient (Wildman–Crippen LogP) is 4.11. The van der Waals surface area contributed by atoms with Gasteiger partial charge in [0.1, 0.15) is 0 Å². The number of nitrogens with zero attached hydrogens (tertiary/aromatic N) is 4. The SMILES string of the molecule is CN=CC(=CN)c1ccc(Cc2cc3c(=O)n(C4CCCC4)cnc3c(C)c2C)cn1. The second kappa shape index (κ2) is 8.84. The Morgan fingerprint density at radius 1 is 1.23 bits per heavy atom. The van der Waals surface area contributed by atoms with Crippen molar-refractivity contribution < 1.29 is 0 Å². The van der Waals surface area contributed by atoms with Crippen LogP contribution >= 0.6 is 0 Å². The standard InChI is InChI=1S/C25H29N5O/c1-16-17(2)24-22(25(31)30(15-29-24)21-6-4-5-7-21)11-19(16)10-18-8-9-23(28-13-18)20(12-26)14-27-3/h8-9,11-15,21H,4-7,10,26H2,1-3H3. The average molecular weight is 416 g/mol. The number of allylic oxidation sites excluding steroid dienone is 1. The lowest BCUT2D eigenvalue weighted by molar-refractivity contribution is 0.499. The van der Waals surface area contributed by atoms with Crippen molar-refractivity contribution in [3.63, 3.8) is 0 Å². The maximum absolute atomic E-state index is 13.3. The van der Waals surface area contributed by atoms with E-state index >= 15 is 0 Å². The normalized spacial score (nSPS) is 15.4. The van der Waals surface area contributed by atoms with Crippen molar-refractivity contribution >= 4 is 22.7 Å². The van der Waals surface area contributed by atoms with Crippen LogP contribution in [-0.4, -0.2) is 27.8 Å². The van der Waals surface area contributed by atoms with E-state index in [0.29, 0.717) is 11.8 Å². The van der Waals surface area contributed by atoms with Gasteiger partial charge in [-0.15, -0.1) is 0 Å². The fraction of sp³-hybridized carbons (Fsp3) is 0.360. The van der Waals surface area contributed by atoms with Crippen molar-refractivity contribution in [1.82, 2.24) is 14.5 Å². The van der Waals surface area contributed by atoms with E-state index < -0.39 is 0 Å². The fourth-order valence-corrected chi connectivity index (χ4v) is 4.49. The summed E-state index contributed by atoms with van der Waals surface area (Å²) in [7, 11) is 1.71. The Morgan fingerprint density at radius 2 is 2.00 bits per heavy atom. The highest BCUT2D eigenvalue weighted by Crippen LogP contribution is 2.29. The quantitative estimate of drug-likeness (QED) is 0.635. The first-order chi connectivity index (χ1) is 15.0. The molecule has 1 fully saturated rings. The Balaban J connectivity index is 1.71. The van der Waals surface area contributed by atoms with Gasteiger partial charge in [0, 0.05) is 37.3 Å². The van der Waals surface area contributed by atoms with Crippen LogP contribution in [0.15, 0.2) is 46.7 Å². The molecule has 1 aliphatic rings. The summed E-state index contributed by atoms with van der Waals surface area (Å²) in [6, 6.07) is 6.31. The first-order valence-corrected chi connectivity index (χ1v) is 10.8. The molecule has 4 rings (SSSR count). The van der Waals surface area contributed by atoms with E-state index in [0.717, 1.165) is 46.3 Å². The van der Waals surface area contributed by atoms with Gasteiger partial charge in [0.05, 0.1) is 22.9 Å². The molecular formula is C25H29N5O. The van der Waals surface area contributed by atoms with E-state index in [9.17, 15) is 4.79 Å². The van der Waals surface area contributed by atoms with Crippen molar-refractivity contribution in [3.05, 3.63) is 75.2 Å².